The normalized spacial score (nSPS) is 17.9. The molecule has 0 spiro atoms. The number of fused-ring (bicyclic) bond motifs is 1. The van der Waals surface area contributed by atoms with Gasteiger partial charge in [-0.2, -0.15) is 0 Å². The van der Waals surface area contributed by atoms with E-state index in [1.54, 1.807) is 0 Å². The third kappa shape index (κ3) is 1.72. The summed E-state index contributed by atoms with van der Waals surface area (Å²) < 4.78 is 2.32. The quantitative estimate of drug-likeness (QED) is 0.881. The minimum atomic E-state index is 0.00278. The summed E-state index contributed by atoms with van der Waals surface area (Å²) in [7, 11) is 0. The maximum absolute atomic E-state index is 6.26. The standard InChI is InChI=1S/C13H18N4/c1-8(2)12(14)13-16-10-7-15-6-5-11(10)17(13)9-3-4-9/h5-9,12H,3-4,14H2,1-2H3. The van der Waals surface area contributed by atoms with E-state index in [1.807, 2.05) is 18.5 Å². The first-order chi connectivity index (χ1) is 8.18. The van der Waals surface area contributed by atoms with Gasteiger partial charge in [-0.05, 0) is 24.8 Å². The zero-order valence-electron chi connectivity index (χ0n) is 10.3. The van der Waals surface area contributed by atoms with Crippen molar-refractivity contribution in [2.24, 2.45) is 11.7 Å². The van der Waals surface area contributed by atoms with Crippen LogP contribution in [0.3, 0.4) is 0 Å². The van der Waals surface area contributed by atoms with Gasteiger partial charge in [-0.15, -0.1) is 0 Å². The maximum atomic E-state index is 6.26. The fourth-order valence-electron chi connectivity index (χ4n) is 2.22. The van der Waals surface area contributed by atoms with Gasteiger partial charge in [0.05, 0.1) is 17.8 Å². The van der Waals surface area contributed by atoms with Gasteiger partial charge in [-0.25, -0.2) is 4.98 Å². The Balaban J connectivity index is 2.19. The van der Waals surface area contributed by atoms with E-state index in [0.29, 0.717) is 12.0 Å². The van der Waals surface area contributed by atoms with Crippen LogP contribution in [0.4, 0.5) is 0 Å². The first-order valence-electron chi connectivity index (χ1n) is 6.26. The van der Waals surface area contributed by atoms with Crippen molar-refractivity contribution in [1.82, 2.24) is 14.5 Å². The molecule has 1 fully saturated rings. The molecule has 2 aromatic rings. The lowest BCUT2D eigenvalue weighted by atomic mass is 10.1. The largest absolute Gasteiger partial charge is 0.323 e. The molecular weight excluding hydrogens is 212 g/mol. The summed E-state index contributed by atoms with van der Waals surface area (Å²) in [6, 6.07) is 2.64. The average Bonchev–Trinajstić information content (AvgIpc) is 3.08. The van der Waals surface area contributed by atoms with Crippen LogP contribution in [0, 0.1) is 5.92 Å². The Labute approximate surface area is 101 Å². The molecule has 1 atom stereocenters. The SMILES string of the molecule is CC(C)C(N)c1nc2cnccc2n1C1CC1. The molecule has 0 bridgehead atoms. The third-order valence-electron chi connectivity index (χ3n) is 3.45. The monoisotopic (exact) mass is 230 g/mol. The molecule has 0 aliphatic heterocycles. The summed E-state index contributed by atoms with van der Waals surface area (Å²) in [5.74, 6) is 1.42. The molecule has 1 aliphatic rings. The Morgan fingerprint density at radius 1 is 1.41 bits per heavy atom. The van der Waals surface area contributed by atoms with Crippen molar-refractivity contribution in [3.8, 4) is 0 Å². The van der Waals surface area contributed by atoms with Crippen LogP contribution in [0.2, 0.25) is 0 Å². The fourth-order valence-corrected chi connectivity index (χ4v) is 2.22. The van der Waals surface area contributed by atoms with Crippen LogP contribution in [0.15, 0.2) is 18.5 Å². The lowest BCUT2D eigenvalue weighted by molar-refractivity contribution is 0.470. The van der Waals surface area contributed by atoms with Gasteiger partial charge < -0.3 is 10.3 Å². The van der Waals surface area contributed by atoms with Crippen molar-refractivity contribution in [1.29, 1.82) is 0 Å². The molecule has 1 saturated carbocycles. The minimum absolute atomic E-state index is 0.00278. The van der Waals surface area contributed by atoms with Crippen LogP contribution >= 0.6 is 0 Å². The van der Waals surface area contributed by atoms with Gasteiger partial charge in [0.2, 0.25) is 0 Å². The number of rotatable bonds is 3. The highest BCUT2D eigenvalue weighted by molar-refractivity contribution is 5.75. The van der Waals surface area contributed by atoms with Crippen molar-refractivity contribution < 1.29 is 0 Å². The molecule has 2 heterocycles. The van der Waals surface area contributed by atoms with Gasteiger partial charge in [0.15, 0.2) is 0 Å². The van der Waals surface area contributed by atoms with Gasteiger partial charge in [-0.1, -0.05) is 13.8 Å². The molecule has 2 aromatic heterocycles. The second-order valence-electron chi connectivity index (χ2n) is 5.21. The van der Waals surface area contributed by atoms with E-state index in [4.69, 9.17) is 5.73 Å². The number of hydrogen-bond donors (Lipinski definition) is 1. The van der Waals surface area contributed by atoms with E-state index < -0.39 is 0 Å². The summed E-state index contributed by atoms with van der Waals surface area (Å²) in [5, 5.41) is 0. The number of imidazole rings is 1. The molecule has 1 unspecified atom stereocenters. The third-order valence-corrected chi connectivity index (χ3v) is 3.45. The van der Waals surface area contributed by atoms with E-state index in [0.717, 1.165) is 11.3 Å². The highest BCUT2D eigenvalue weighted by Crippen LogP contribution is 2.40. The smallest absolute Gasteiger partial charge is 0.127 e. The highest BCUT2D eigenvalue weighted by Gasteiger charge is 2.30. The zero-order valence-corrected chi connectivity index (χ0v) is 10.3. The first kappa shape index (κ1) is 10.7. The molecule has 1 aliphatic carbocycles. The molecule has 4 nitrogen and oxygen atoms in total. The highest BCUT2D eigenvalue weighted by atomic mass is 15.2. The van der Waals surface area contributed by atoms with Crippen molar-refractivity contribution in [2.75, 3.05) is 0 Å². The molecule has 17 heavy (non-hydrogen) atoms. The van der Waals surface area contributed by atoms with Crippen molar-refractivity contribution in [3.05, 3.63) is 24.3 Å². The van der Waals surface area contributed by atoms with Gasteiger partial charge in [0, 0.05) is 12.2 Å². The van der Waals surface area contributed by atoms with Gasteiger partial charge in [0.1, 0.15) is 11.3 Å². The van der Waals surface area contributed by atoms with Crippen LogP contribution in [0.25, 0.3) is 11.0 Å². The summed E-state index contributed by atoms with van der Waals surface area (Å²) in [4.78, 5) is 8.81. The number of pyridine rings is 1. The van der Waals surface area contributed by atoms with Crippen LogP contribution in [0.1, 0.15) is 44.6 Å². The van der Waals surface area contributed by atoms with E-state index >= 15 is 0 Å². The number of aromatic nitrogens is 3. The Morgan fingerprint density at radius 3 is 2.82 bits per heavy atom. The van der Waals surface area contributed by atoms with E-state index in [2.05, 4.69) is 28.4 Å². The van der Waals surface area contributed by atoms with Gasteiger partial charge in [0.25, 0.3) is 0 Å². The molecule has 4 heteroatoms. The van der Waals surface area contributed by atoms with Crippen LogP contribution in [-0.4, -0.2) is 14.5 Å². The Hall–Kier alpha value is -1.42. The molecule has 0 aromatic carbocycles. The molecular formula is C13H18N4. The minimum Gasteiger partial charge on any atom is -0.323 e. The van der Waals surface area contributed by atoms with E-state index in [1.165, 1.54) is 18.4 Å². The Bertz CT molecular complexity index is 539. The Kier molecular flexibility index (Phi) is 2.40. The van der Waals surface area contributed by atoms with E-state index in [9.17, 15) is 0 Å². The molecule has 2 N–H and O–H groups in total. The molecule has 90 valence electrons. The fraction of sp³-hybridized carbons (Fsp3) is 0.538. The van der Waals surface area contributed by atoms with Crippen LogP contribution in [-0.2, 0) is 0 Å². The van der Waals surface area contributed by atoms with E-state index in [-0.39, 0.29) is 6.04 Å². The second kappa shape index (κ2) is 3.81. The van der Waals surface area contributed by atoms with Crippen molar-refractivity contribution in [3.63, 3.8) is 0 Å². The Morgan fingerprint density at radius 2 is 2.18 bits per heavy atom. The summed E-state index contributed by atoms with van der Waals surface area (Å²) in [6.07, 6.45) is 6.13. The van der Waals surface area contributed by atoms with Crippen molar-refractivity contribution in [2.45, 2.75) is 38.8 Å². The van der Waals surface area contributed by atoms with Crippen LogP contribution in [0.5, 0.6) is 0 Å². The molecule has 3 rings (SSSR count). The first-order valence-corrected chi connectivity index (χ1v) is 6.26. The summed E-state index contributed by atoms with van der Waals surface area (Å²) in [5.41, 5.74) is 8.40. The molecule has 0 amide bonds. The summed E-state index contributed by atoms with van der Waals surface area (Å²) >= 11 is 0. The predicted octanol–water partition coefficient (Wildman–Crippen LogP) is 2.42. The topological polar surface area (TPSA) is 56.7 Å². The second-order valence-corrected chi connectivity index (χ2v) is 5.21. The van der Waals surface area contributed by atoms with Gasteiger partial charge >= 0.3 is 0 Å². The van der Waals surface area contributed by atoms with Gasteiger partial charge in [-0.3, -0.25) is 4.98 Å². The lowest BCUT2D eigenvalue weighted by Crippen LogP contribution is -2.21. The zero-order chi connectivity index (χ0) is 12.0. The molecule has 0 radical (unpaired) electrons. The predicted molar refractivity (Wildman–Crippen MR) is 67.6 cm³/mol. The maximum Gasteiger partial charge on any atom is 0.127 e. The number of hydrogen-bond acceptors (Lipinski definition) is 3. The number of nitrogens with zero attached hydrogens (tertiary/aromatic N) is 3. The van der Waals surface area contributed by atoms with Crippen molar-refractivity contribution >= 4 is 11.0 Å². The summed E-state index contributed by atoms with van der Waals surface area (Å²) in [6.45, 7) is 4.28. The number of nitrogens with two attached hydrogens (primary N) is 1. The average molecular weight is 230 g/mol. The van der Waals surface area contributed by atoms with Crippen LogP contribution < -0.4 is 5.73 Å². The lowest BCUT2D eigenvalue weighted by Gasteiger charge is -2.17. The molecule has 0 saturated heterocycles.